The van der Waals surface area contributed by atoms with Crippen LogP contribution in [0.4, 0.5) is 10.5 Å². The number of benzene rings is 2. The third-order valence-corrected chi connectivity index (χ3v) is 4.76. The highest BCUT2D eigenvalue weighted by atomic mass is 32.2. The van der Waals surface area contributed by atoms with Gasteiger partial charge in [-0.1, -0.05) is 30.3 Å². The molecule has 2 aromatic rings. The molecule has 1 aliphatic heterocycles. The molecule has 1 fully saturated rings. The molecule has 1 aliphatic rings. The first-order valence-corrected chi connectivity index (χ1v) is 8.97. The van der Waals surface area contributed by atoms with Gasteiger partial charge in [-0.05, 0) is 54.6 Å². The van der Waals surface area contributed by atoms with E-state index in [4.69, 9.17) is 0 Å². The second-order valence-electron chi connectivity index (χ2n) is 5.86. The molecule has 2 aromatic carbocycles. The Morgan fingerprint density at radius 3 is 2.33 bits per heavy atom. The number of carbonyl (C=O) groups excluding carboxylic acids is 4. The van der Waals surface area contributed by atoms with Gasteiger partial charge in [0.25, 0.3) is 11.1 Å². The first-order valence-electron chi connectivity index (χ1n) is 8.15. The molecule has 0 saturated carbocycles. The number of carbonyl (C=O) groups is 4. The van der Waals surface area contributed by atoms with Crippen LogP contribution >= 0.6 is 11.8 Å². The Hall–Kier alpha value is -3.19. The standard InChI is InChI=1S/C20H16N2O4S/c1-13(23)15-7-9-16(10-8-15)21-18(24)12-22-19(25)17(27-20(22)26)11-14-5-3-2-4-6-14/h2-11H,12H2,1H3,(H,21,24)/b17-11+. The molecule has 0 aliphatic carbocycles. The number of amides is 3. The maximum atomic E-state index is 12.4. The molecule has 1 saturated heterocycles. The molecule has 27 heavy (non-hydrogen) atoms. The van der Waals surface area contributed by atoms with Gasteiger partial charge in [-0.3, -0.25) is 24.1 Å². The fraction of sp³-hybridized carbons (Fsp3) is 0.100. The molecule has 0 atom stereocenters. The number of rotatable bonds is 5. The van der Waals surface area contributed by atoms with E-state index in [0.717, 1.165) is 22.2 Å². The predicted octanol–water partition coefficient (Wildman–Crippen LogP) is 3.56. The quantitative estimate of drug-likeness (QED) is 0.633. The molecule has 3 amide bonds. The average molecular weight is 380 g/mol. The number of Topliss-reactive ketones (excluding diaryl/α,β-unsaturated/α-hetero) is 1. The van der Waals surface area contributed by atoms with Gasteiger partial charge in [-0.15, -0.1) is 0 Å². The Morgan fingerprint density at radius 2 is 1.70 bits per heavy atom. The maximum absolute atomic E-state index is 12.4. The number of thioether (sulfide) groups is 1. The molecule has 136 valence electrons. The lowest BCUT2D eigenvalue weighted by atomic mass is 10.1. The highest BCUT2D eigenvalue weighted by molar-refractivity contribution is 8.18. The lowest BCUT2D eigenvalue weighted by molar-refractivity contribution is -0.127. The van der Waals surface area contributed by atoms with Crippen molar-refractivity contribution in [3.8, 4) is 0 Å². The molecule has 0 radical (unpaired) electrons. The highest BCUT2D eigenvalue weighted by Gasteiger charge is 2.36. The van der Waals surface area contributed by atoms with E-state index in [1.54, 1.807) is 30.3 Å². The van der Waals surface area contributed by atoms with E-state index in [0.29, 0.717) is 11.3 Å². The van der Waals surface area contributed by atoms with Crippen LogP contribution in [0.3, 0.4) is 0 Å². The molecule has 7 heteroatoms. The van der Waals surface area contributed by atoms with Crippen molar-refractivity contribution in [2.75, 3.05) is 11.9 Å². The fourth-order valence-corrected chi connectivity index (χ4v) is 3.31. The molecule has 3 rings (SSSR count). The van der Waals surface area contributed by atoms with E-state index in [9.17, 15) is 19.2 Å². The van der Waals surface area contributed by atoms with Crippen LogP contribution in [-0.2, 0) is 9.59 Å². The summed E-state index contributed by atoms with van der Waals surface area (Å²) in [5.74, 6) is -1.05. The second-order valence-corrected chi connectivity index (χ2v) is 6.85. The normalized spacial score (nSPS) is 15.3. The number of nitrogens with one attached hydrogen (secondary N) is 1. The summed E-state index contributed by atoms with van der Waals surface area (Å²) in [4.78, 5) is 49.2. The smallest absolute Gasteiger partial charge is 0.294 e. The number of ketones is 1. The minimum Gasteiger partial charge on any atom is -0.325 e. The molecule has 1 heterocycles. The zero-order valence-electron chi connectivity index (χ0n) is 14.5. The van der Waals surface area contributed by atoms with Crippen molar-refractivity contribution >= 4 is 46.4 Å². The number of anilines is 1. The number of imide groups is 1. The number of hydrogen-bond acceptors (Lipinski definition) is 5. The largest absolute Gasteiger partial charge is 0.325 e. The van der Waals surface area contributed by atoms with Crippen molar-refractivity contribution in [2.24, 2.45) is 0 Å². The van der Waals surface area contributed by atoms with Crippen LogP contribution in [0, 0.1) is 0 Å². The van der Waals surface area contributed by atoms with Gasteiger partial charge < -0.3 is 5.32 Å². The fourth-order valence-electron chi connectivity index (χ4n) is 2.47. The molecular formula is C20H16N2O4S. The third kappa shape index (κ3) is 4.51. The molecule has 1 N–H and O–H groups in total. The van der Waals surface area contributed by atoms with Crippen molar-refractivity contribution in [2.45, 2.75) is 6.92 Å². The summed E-state index contributed by atoms with van der Waals surface area (Å²) in [6, 6.07) is 15.6. The number of hydrogen-bond donors (Lipinski definition) is 1. The first kappa shape index (κ1) is 18.6. The van der Waals surface area contributed by atoms with Crippen molar-refractivity contribution in [1.29, 1.82) is 0 Å². The minimum atomic E-state index is -0.492. The van der Waals surface area contributed by atoms with E-state index >= 15 is 0 Å². The summed E-state index contributed by atoms with van der Waals surface area (Å²) >= 11 is 0.811. The van der Waals surface area contributed by atoms with E-state index in [-0.39, 0.29) is 17.2 Å². The summed E-state index contributed by atoms with van der Waals surface area (Å²) in [7, 11) is 0. The van der Waals surface area contributed by atoms with Crippen LogP contribution in [0.5, 0.6) is 0 Å². The first-order chi connectivity index (χ1) is 12.9. The van der Waals surface area contributed by atoms with E-state index < -0.39 is 17.1 Å². The van der Waals surface area contributed by atoms with Crippen LogP contribution in [0.15, 0.2) is 59.5 Å². The van der Waals surface area contributed by atoms with Gasteiger partial charge >= 0.3 is 0 Å². The maximum Gasteiger partial charge on any atom is 0.294 e. The SMILES string of the molecule is CC(=O)c1ccc(NC(=O)CN2C(=O)S/C(=C/c3ccccc3)C2=O)cc1. The summed E-state index contributed by atoms with van der Waals surface area (Å²) < 4.78 is 0. The van der Waals surface area contributed by atoms with Crippen LogP contribution in [0.2, 0.25) is 0 Å². The Bertz CT molecular complexity index is 936. The molecular weight excluding hydrogens is 364 g/mol. The topological polar surface area (TPSA) is 83.6 Å². The van der Waals surface area contributed by atoms with Crippen LogP contribution in [0.1, 0.15) is 22.8 Å². The van der Waals surface area contributed by atoms with Gasteiger partial charge in [-0.25, -0.2) is 0 Å². The minimum absolute atomic E-state index is 0.0732. The van der Waals surface area contributed by atoms with E-state index in [1.165, 1.54) is 6.92 Å². The van der Waals surface area contributed by atoms with Crippen molar-refractivity contribution in [3.63, 3.8) is 0 Å². The molecule has 6 nitrogen and oxygen atoms in total. The molecule has 0 spiro atoms. The van der Waals surface area contributed by atoms with E-state index in [1.807, 2.05) is 30.3 Å². The van der Waals surface area contributed by atoms with E-state index in [2.05, 4.69) is 5.32 Å². The summed E-state index contributed by atoms with van der Waals surface area (Å²) in [6.07, 6.45) is 1.63. The van der Waals surface area contributed by atoms with Crippen molar-refractivity contribution in [3.05, 3.63) is 70.6 Å². The monoisotopic (exact) mass is 380 g/mol. The number of nitrogens with zero attached hydrogens (tertiary/aromatic N) is 1. The Morgan fingerprint density at radius 1 is 1.04 bits per heavy atom. The van der Waals surface area contributed by atoms with Gasteiger partial charge in [-0.2, -0.15) is 0 Å². The lowest BCUT2D eigenvalue weighted by Crippen LogP contribution is -2.36. The third-order valence-electron chi connectivity index (χ3n) is 3.85. The lowest BCUT2D eigenvalue weighted by Gasteiger charge is -2.12. The Balaban J connectivity index is 1.65. The predicted molar refractivity (Wildman–Crippen MR) is 104 cm³/mol. The zero-order valence-corrected chi connectivity index (χ0v) is 15.3. The summed E-state index contributed by atoms with van der Waals surface area (Å²) in [6.45, 7) is 1.08. The van der Waals surface area contributed by atoms with Gasteiger partial charge in [0.05, 0.1) is 4.91 Å². The Labute approximate surface area is 160 Å². The van der Waals surface area contributed by atoms with Crippen molar-refractivity contribution < 1.29 is 19.2 Å². The summed E-state index contributed by atoms with van der Waals surface area (Å²) in [5.41, 5.74) is 1.82. The molecule has 0 unspecified atom stereocenters. The van der Waals surface area contributed by atoms with Crippen LogP contribution < -0.4 is 5.32 Å². The van der Waals surface area contributed by atoms with Crippen LogP contribution in [-0.4, -0.2) is 34.3 Å². The zero-order chi connectivity index (χ0) is 19.4. The van der Waals surface area contributed by atoms with Crippen molar-refractivity contribution in [1.82, 2.24) is 4.90 Å². The summed E-state index contributed by atoms with van der Waals surface area (Å²) in [5, 5.41) is 2.13. The van der Waals surface area contributed by atoms with Crippen LogP contribution in [0.25, 0.3) is 6.08 Å². The van der Waals surface area contributed by atoms with Gasteiger partial charge in [0.15, 0.2) is 5.78 Å². The van der Waals surface area contributed by atoms with Gasteiger partial charge in [0.2, 0.25) is 5.91 Å². The molecule has 0 aromatic heterocycles. The molecule has 0 bridgehead atoms. The van der Waals surface area contributed by atoms with Gasteiger partial charge in [0, 0.05) is 11.3 Å². The average Bonchev–Trinajstić information content (AvgIpc) is 2.90. The Kier molecular flexibility index (Phi) is 5.52. The second kappa shape index (κ2) is 8.01. The van der Waals surface area contributed by atoms with Gasteiger partial charge in [0.1, 0.15) is 6.54 Å². The highest BCUT2D eigenvalue weighted by Crippen LogP contribution is 2.32.